The van der Waals surface area contributed by atoms with E-state index in [1.807, 2.05) is 24.3 Å². The van der Waals surface area contributed by atoms with E-state index < -0.39 is 10.8 Å². The number of hydrogen-bond donors (Lipinski definition) is 0. The van der Waals surface area contributed by atoms with Crippen molar-refractivity contribution in [1.82, 2.24) is 0 Å². The molecule has 0 spiro atoms. The second-order valence-corrected chi connectivity index (χ2v) is 6.38. The first-order chi connectivity index (χ1) is 10.7. The highest BCUT2D eigenvalue weighted by atomic mass is 32.2. The van der Waals surface area contributed by atoms with Gasteiger partial charge in [0.25, 0.3) is 0 Å². The van der Waals surface area contributed by atoms with Crippen molar-refractivity contribution >= 4 is 27.6 Å². The molecule has 0 bridgehead atoms. The average Bonchev–Trinajstić information content (AvgIpc) is 2.55. The largest absolute Gasteiger partial charge is 0.255 e. The highest BCUT2D eigenvalue weighted by molar-refractivity contribution is 7.87. The maximum Gasteiger partial charge on any atom is 0.123 e. The molecule has 0 aliphatic heterocycles. The summed E-state index contributed by atoms with van der Waals surface area (Å²) in [5, 5.41) is 4.04. The Labute approximate surface area is 131 Å². The first-order valence-electron chi connectivity index (χ1n) is 6.99. The van der Waals surface area contributed by atoms with Gasteiger partial charge in [0.05, 0.1) is 16.6 Å². The molecule has 0 fully saturated rings. The molecular formula is C19H15FOS. The molecule has 3 aromatic carbocycles. The van der Waals surface area contributed by atoms with E-state index in [-0.39, 0.29) is 5.82 Å². The zero-order chi connectivity index (χ0) is 15.4. The monoisotopic (exact) mass is 310 g/mol. The van der Waals surface area contributed by atoms with E-state index in [4.69, 9.17) is 0 Å². The van der Waals surface area contributed by atoms with Crippen molar-refractivity contribution in [3.63, 3.8) is 0 Å². The number of hydrogen-bond acceptors (Lipinski definition) is 1. The third-order valence-electron chi connectivity index (χ3n) is 3.41. The van der Waals surface area contributed by atoms with Gasteiger partial charge in [0, 0.05) is 5.41 Å². The average molecular weight is 310 g/mol. The van der Waals surface area contributed by atoms with Crippen molar-refractivity contribution < 1.29 is 8.60 Å². The van der Waals surface area contributed by atoms with Crippen molar-refractivity contribution in [2.45, 2.75) is 5.75 Å². The van der Waals surface area contributed by atoms with Crippen LogP contribution >= 0.6 is 0 Å². The summed E-state index contributed by atoms with van der Waals surface area (Å²) in [6, 6.07) is 20.4. The van der Waals surface area contributed by atoms with Gasteiger partial charge < -0.3 is 0 Å². The summed E-state index contributed by atoms with van der Waals surface area (Å²) in [5.41, 5.74) is 1.88. The zero-order valence-corrected chi connectivity index (χ0v) is 12.7. The summed E-state index contributed by atoms with van der Waals surface area (Å²) in [7, 11) is -1.11. The van der Waals surface area contributed by atoms with Crippen LogP contribution in [0.15, 0.2) is 72.1 Å². The van der Waals surface area contributed by atoms with Crippen LogP contribution < -0.4 is 0 Å². The van der Waals surface area contributed by atoms with E-state index in [2.05, 4.69) is 24.3 Å². The number of benzene rings is 3. The Bertz CT molecular complexity index is 837. The fourth-order valence-corrected chi connectivity index (χ4v) is 3.19. The molecule has 0 saturated carbocycles. The zero-order valence-electron chi connectivity index (χ0n) is 11.9. The molecule has 0 aromatic heterocycles. The molecule has 1 atom stereocenters. The summed E-state index contributed by atoms with van der Waals surface area (Å²) in [4.78, 5) is 0. The van der Waals surface area contributed by atoms with E-state index in [0.717, 1.165) is 16.5 Å². The van der Waals surface area contributed by atoms with Crippen LogP contribution in [0.1, 0.15) is 11.1 Å². The third kappa shape index (κ3) is 3.68. The molecule has 0 N–H and O–H groups in total. The molecule has 0 aliphatic carbocycles. The van der Waals surface area contributed by atoms with Crippen LogP contribution in [-0.4, -0.2) is 4.21 Å². The lowest BCUT2D eigenvalue weighted by atomic mass is 10.1. The molecule has 0 aliphatic rings. The molecule has 3 aromatic rings. The minimum atomic E-state index is -1.11. The van der Waals surface area contributed by atoms with Gasteiger partial charge in [-0.2, -0.15) is 0 Å². The van der Waals surface area contributed by atoms with Gasteiger partial charge in [0.2, 0.25) is 0 Å². The van der Waals surface area contributed by atoms with Crippen LogP contribution in [0.5, 0.6) is 0 Å². The van der Waals surface area contributed by atoms with Crippen molar-refractivity contribution in [3.8, 4) is 0 Å². The van der Waals surface area contributed by atoms with Crippen molar-refractivity contribution in [2.75, 3.05) is 0 Å². The Hall–Kier alpha value is -2.26. The maximum absolute atomic E-state index is 12.8. The van der Waals surface area contributed by atoms with E-state index in [1.165, 1.54) is 17.5 Å². The lowest BCUT2D eigenvalue weighted by Gasteiger charge is -2.00. The summed E-state index contributed by atoms with van der Waals surface area (Å²) in [6.45, 7) is 0. The highest BCUT2D eigenvalue weighted by Crippen LogP contribution is 2.17. The van der Waals surface area contributed by atoms with Gasteiger partial charge in [-0.05, 0) is 46.2 Å². The Morgan fingerprint density at radius 3 is 2.41 bits per heavy atom. The molecular weight excluding hydrogens is 295 g/mol. The Morgan fingerprint density at radius 1 is 0.909 bits per heavy atom. The number of fused-ring (bicyclic) bond motifs is 1. The van der Waals surface area contributed by atoms with Gasteiger partial charge in [-0.3, -0.25) is 4.21 Å². The minimum absolute atomic E-state index is 0.277. The van der Waals surface area contributed by atoms with Crippen LogP contribution in [0, 0.1) is 5.82 Å². The smallest absolute Gasteiger partial charge is 0.123 e. The topological polar surface area (TPSA) is 17.1 Å². The van der Waals surface area contributed by atoms with E-state index in [0.29, 0.717) is 5.75 Å². The van der Waals surface area contributed by atoms with Gasteiger partial charge in [-0.15, -0.1) is 0 Å². The van der Waals surface area contributed by atoms with Gasteiger partial charge in [0.15, 0.2) is 0 Å². The maximum atomic E-state index is 12.8. The Kier molecular flexibility index (Phi) is 4.45. The number of halogens is 1. The standard InChI is InChI=1S/C19H15FOS/c20-19-9-6-16(7-10-19)14-22(21)12-11-15-5-8-17-3-1-2-4-18(17)13-15/h1-13H,14H2. The Balaban J connectivity index is 1.71. The second kappa shape index (κ2) is 6.67. The van der Waals surface area contributed by atoms with Gasteiger partial charge in [-0.25, -0.2) is 4.39 Å². The predicted octanol–water partition coefficient (Wildman–Crippen LogP) is 4.90. The minimum Gasteiger partial charge on any atom is -0.255 e. The molecule has 3 rings (SSSR count). The normalized spacial score (nSPS) is 12.8. The first kappa shape index (κ1) is 14.7. The summed E-state index contributed by atoms with van der Waals surface area (Å²) >= 11 is 0. The van der Waals surface area contributed by atoms with Gasteiger partial charge in [-0.1, -0.05) is 48.5 Å². The van der Waals surface area contributed by atoms with Crippen LogP contribution in [0.25, 0.3) is 16.8 Å². The van der Waals surface area contributed by atoms with Crippen LogP contribution in [0.4, 0.5) is 4.39 Å². The summed E-state index contributed by atoms with van der Waals surface area (Å²) in [5.74, 6) is 0.117. The quantitative estimate of drug-likeness (QED) is 0.670. The summed E-state index contributed by atoms with van der Waals surface area (Å²) < 4.78 is 24.9. The second-order valence-electron chi connectivity index (χ2n) is 5.06. The van der Waals surface area contributed by atoms with E-state index in [1.54, 1.807) is 17.5 Å². The molecule has 110 valence electrons. The number of rotatable bonds is 4. The SMILES string of the molecule is O=S(C=Cc1ccc2ccccc2c1)Cc1ccc(F)cc1. The fourth-order valence-electron chi connectivity index (χ4n) is 2.26. The van der Waals surface area contributed by atoms with Crippen molar-refractivity contribution in [1.29, 1.82) is 0 Å². The van der Waals surface area contributed by atoms with Crippen molar-refractivity contribution in [2.24, 2.45) is 0 Å². The predicted molar refractivity (Wildman–Crippen MR) is 91.2 cm³/mol. The van der Waals surface area contributed by atoms with Crippen molar-refractivity contribution in [3.05, 3.63) is 89.1 Å². The molecule has 3 heteroatoms. The molecule has 0 amide bonds. The van der Waals surface area contributed by atoms with Crippen LogP contribution in [-0.2, 0) is 16.6 Å². The molecule has 1 nitrogen and oxygen atoms in total. The Morgan fingerprint density at radius 2 is 1.64 bits per heavy atom. The summed E-state index contributed by atoms with van der Waals surface area (Å²) in [6.07, 6.45) is 1.87. The van der Waals surface area contributed by atoms with Crippen LogP contribution in [0.2, 0.25) is 0 Å². The van der Waals surface area contributed by atoms with Crippen LogP contribution in [0.3, 0.4) is 0 Å². The van der Waals surface area contributed by atoms with Gasteiger partial charge in [0.1, 0.15) is 5.82 Å². The molecule has 0 saturated heterocycles. The van der Waals surface area contributed by atoms with E-state index >= 15 is 0 Å². The first-order valence-corrected chi connectivity index (χ1v) is 8.37. The third-order valence-corrected chi connectivity index (χ3v) is 4.47. The highest BCUT2D eigenvalue weighted by Gasteiger charge is 1.99. The lowest BCUT2D eigenvalue weighted by Crippen LogP contribution is -1.91. The molecule has 1 unspecified atom stereocenters. The fraction of sp³-hybridized carbons (Fsp3) is 0.0526. The lowest BCUT2D eigenvalue weighted by molar-refractivity contribution is 0.627. The molecule has 0 heterocycles. The van der Waals surface area contributed by atoms with Gasteiger partial charge >= 0.3 is 0 Å². The molecule has 22 heavy (non-hydrogen) atoms. The molecule has 0 radical (unpaired) electrons. The van der Waals surface area contributed by atoms with E-state index in [9.17, 15) is 8.60 Å².